The first-order valence-corrected chi connectivity index (χ1v) is 12.5. The van der Waals surface area contributed by atoms with Gasteiger partial charge in [0.25, 0.3) is 5.91 Å². The van der Waals surface area contributed by atoms with Gasteiger partial charge in [-0.15, -0.1) is 0 Å². The topological polar surface area (TPSA) is 54.8 Å². The van der Waals surface area contributed by atoms with Crippen LogP contribution < -0.4 is 10.2 Å². The fourth-order valence-electron chi connectivity index (χ4n) is 5.44. The summed E-state index contributed by atoms with van der Waals surface area (Å²) in [4.78, 5) is 30.8. The number of carbonyl (C=O) groups is 1. The number of rotatable bonds is 7. The Hall–Kier alpha value is -3.12. The lowest BCUT2D eigenvalue weighted by Gasteiger charge is -2.50. The zero-order valence-electron chi connectivity index (χ0n) is 19.9. The fraction of sp³-hybridized carbons (Fsp3) is 0.429. The quantitative estimate of drug-likeness (QED) is 0.571. The molecule has 1 saturated heterocycles. The predicted octanol–water partition coefficient (Wildman–Crippen LogP) is 4.53. The number of benzene rings is 1. The summed E-state index contributed by atoms with van der Waals surface area (Å²) in [5.41, 5.74) is 2.83. The van der Waals surface area contributed by atoms with E-state index in [0.717, 1.165) is 38.6 Å². The van der Waals surface area contributed by atoms with E-state index in [9.17, 15) is 9.59 Å². The minimum absolute atomic E-state index is 0.0724. The van der Waals surface area contributed by atoms with Crippen LogP contribution in [0.25, 0.3) is 0 Å². The van der Waals surface area contributed by atoms with Crippen LogP contribution in [-0.4, -0.2) is 46.1 Å². The Kier molecular flexibility index (Phi) is 6.68. The van der Waals surface area contributed by atoms with Crippen molar-refractivity contribution < 1.29 is 9.53 Å². The molecule has 2 aliphatic heterocycles. The SMILES string of the molecule is CCCCOc1c2n(ccc1=O)CC1N(CCCN1C(C1=CC=CCC1)c1ccccc1)C2=O. The highest BCUT2D eigenvalue weighted by Gasteiger charge is 2.43. The van der Waals surface area contributed by atoms with Gasteiger partial charge in [0.05, 0.1) is 19.2 Å². The number of unbranched alkanes of at least 4 members (excludes halogenated alkanes) is 1. The molecule has 0 radical (unpaired) electrons. The van der Waals surface area contributed by atoms with Gasteiger partial charge in [0.15, 0.2) is 11.4 Å². The van der Waals surface area contributed by atoms with Gasteiger partial charge in [-0.25, -0.2) is 0 Å². The molecule has 0 bridgehead atoms. The Bertz CT molecular complexity index is 1150. The van der Waals surface area contributed by atoms with Crippen LogP contribution in [0.3, 0.4) is 0 Å². The molecule has 1 aromatic heterocycles. The van der Waals surface area contributed by atoms with E-state index < -0.39 is 0 Å². The fourth-order valence-corrected chi connectivity index (χ4v) is 5.44. The number of hydrogen-bond acceptors (Lipinski definition) is 4. The Balaban J connectivity index is 1.53. The van der Waals surface area contributed by atoms with E-state index in [0.29, 0.717) is 25.4 Å². The highest BCUT2D eigenvalue weighted by Crippen LogP contribution is 2.38. The zero-order valence-corrected chi connectivity index (χ0v) is 19.9. The summed E-state index contributed by atoms with van der Waals surface area (Å²) in [6.45, 7) is 4.76. The summed E-state index contributed by atoms with van der Waals surface area (Å²) in [5.74, 6) is 0.103. The minimum Gasteiger partial charge on any atom is -0.487 e. The molecule has 2 atom stereocenters. The van der Waals surface area contributed by atoms with Crippen molar-refractivity contribution in [2.75, 3.05) is 19.7 Å². The Morgan fingerprint density at radius 1 is 1.12 bits per heavy atom. The number of nitrogens with zero attached hydrogens (tertiary/aromatic N) is 3. The molecular formula is C28H33N3O3. The summed E-state index contributed by atoms with van der Waals surface area (Å²) in [6, 6.07) is 12.3. The Morgan fingerprint density at radius 3 is 2.74 bits per heavy atom. The Morgan fingerprint density at radius 2 is 1.97 bits per heavy atom. The van der Waals surface area contributed by atoms with E-state index in [4.69, 9.17) is 4.74 Å². The van der Waals surface area contributed by atoms with Gasteiger partial charge in [-0.2, -0.15) is 0 Å². The molecule has 1 aromatic carbocycles. The van der Waals surface area contributed by atoms with E-state index in [1.54, 1.807) is 6.20 Å². The van der Waals surface area contributed by atoms with Crippen LogP contribution in [0.15, 0.2) is 71.2 Å². The first kappa shape index (κ1) is 22.7. The summed E-state index contributed by atoms with van der Waals surface area (Å²) in [7, 11) is 0. The normalized spacial score (nSPS) is 21.0. The van der Waals surface area contributed by atoms with Crippen LogP contribution in [0.5, 0.6) is 5.75 Å². The molecule has 1 aliphatic carbocycles. The van der Waals surface area contributed by atoms with E-state index >= 15 is 0 Å². The summed E-state index contributed by atoms with van der Waals surface area (Å²) in [5, 5.41) is 0. The van der Waals surface area contributed by atoms with Crippen LogP contribution in [0.4, 0.5) is 0 Å². The van der Waals surface area contributed by atoms with E-state index in [1.807, 2.05) is 9.47 Å². The number of allylic oxidation sites excluding steroid dienone is 3. The zero-order chi connectivity index (χ0) is 23.5. The maximum absolute atomic E-state index is 13.8. The van der Waals surface area contributed by atoms with Crippen LogP contribution >= 0.6 is 0 Å². The highest BCUT2D eigenvalue weighted by molar-refractivity contribution is 5.96. The molecule has 0 spiro atoms. The van der Waals surface area contributed by atoms with Crippen molar-refractivity contribution >= 4 is 5.91 Å². The summed E-state index contributed by atoms with van der Waals surface area (Å²) >= 11 is 0. The number of aromatic nitrogens is 1. The van der Waals surface area contributed by atoms with Crippen molar-refractivity contribution in [2.24, 2.45) is 0 Å². The smallest absolute Gasteiger partial charge is 0.275 e. The van der Waals surface area contributed by atoms with Crippen LogP contribution in [0, 0.1) is 0 Å². The maximum Gasteiger partial charge on any atom is 0.275 e. The molecule has 6 nitrogen and oxygen atoms in total. The third-order valence-electron chi connectivity index (χ3n) is 7.10. The molecule has 0 saturated carbocycles. The van der Waals surface area contributed by atoms with Gasteiger partial charge in [0.2, 0.25) is 5.43 Å². The molecule has 2 unspecified atom stereocenters. The molecule has 3 heterocycles. The van der Waals surface area contributed by atoms with Gasteiger partial charge in [-0.1, -0.05) is 61.9 Å². The number of pyridine rings is 1. The molecule has 2 aromatic rings. The van der Waals surface area contributed by atoms with Crippen molar-refractivity contribution in [1.82, 2.24) is 14.4 Å². The first-order chi connectivity index (χ1) is 16.7. The molecule has 34 heavy (non-hydrogen) atoms. The molecule has 3 aliphatic rings. The van der Waals surface area contributed by atoms with Gasteiger partial charge in [-0.3, -0.25) is 14.5 Å². The number of ether oxygens (including phenoxy) is 1. The highest BCUT2D eigenvalue weighted by atomic mass is 16.5. The average Bonchev–Trinajstić information content (AvgIpc) is 2.87. The number of hydrogen-bond donors (Lipinski definition) is 0. The average molecular weight is 460 g/mol. The van der Waals surface area contributed by atoms with Crippen LogP contribution in [-0.2, 0) is 6.54 Å². The second-order valence-corrected chi connectivity index (χ2v) is 9.30. The Labute approximate surface area is 201 Å². The monoisotopic (exact) mass is 459 g/mol. The first-order valence-electron chi connectivity index (χ1n) is 12.5. The largest absolute Gasteiger partial charge is 0.487 e. The van der Waals surface area contributed by atoms with Gasteiger partial charge in [0.1, 0.15) is 6.17 Å². The third kappa shape index (κ3) is 4.23. The summed E-state index contributed by atoms with van der Waals surface area (Å²) < 4.78 is 7.79. The molecule has 1 amide bonds. The van der Waals surface area contributed by atoms with Gasteiger partial charge >= 0.3 is 0 Å². The number of amides is 1. The molecule has 6 heteroatoms. The predicted molar refractivity (Wildman–Crippen MR) is 133 cm³/mol. The van der Waals surface area contributed by atoms with E-state index in [2.05, 4.69) is 60.4 Å². The summed E-state index contributed by atoms with van der Waals surface area (Å²) in [6.07, 6.45) is 13.1. The van der Waals surface area contributed by atoms with Crippen molar-refractivity contribution in [3.63, 3.8) is 0 Å². The number of carbonyl (C=O) groups excluding carboxylic acids is 1. The van der Waals surface area contributed by atoms with Gasteiger partial charge in [-0.05, 0) is 36.8 Å². The standard InChI is InChI=1S/C28H33N3O3/c1-2-3-19-34-27-23(32)15-18-29-20-24-30(16-10-17-31(24)28(33)26(27)29)25(21-11-6-4-7-12-21)22-13-8-5-9-14-22/h4-8,11-13,15,18,24-25H,2-3,9-10,14,16-17,19-20H2,1H3. The van der Waals surface area contributed by atoms with Crippen LogP contribution in [0.1, 0.15) is 61.1 Å². The van der Waals surface area contributed by atoms with E-state index in [1.165, 1.54) is 17.2 Å². The minimum atomic E-state index is -0.218. The molecule has 5 rings (SSSR count). The molecular weight excluding hydrogens is 426 g/mol. The molecule has 1 fully saturated rings. The second-order valence-electron chi connectivity index (χ2n) is 9.30. The van der Waals surface area contributed by atoms with E-state index in [-0.39, 0.29) is 29.3 Å². The second kappa shape index (κ2) is 10.0. The van der Waals surface area contributed by atoms with Crippen molar-refractivity contribution in [2.45, 2.75) is 57.8 Å². The molecule has 178 valence electrons. The lowest BCUT2D eigenvalue weighted by Crippen LogP contribution is -2.61. The van der Waals surface area contributed by atoms with Gasteiger partial charge in [0, 0.05) is 25.4 Å². The molecule has 0 N–H and O–H groups in total. The maximum atomic E-state index is 13.8. The lowest BCUT2D eigenvalue weighted by atomic mass is 9.89. The van der Waals surface area contributed by atoms with Crippen molar-refractivity contribution in [1.29, 1.82) is 0 Å². The van der Waals surface area contributed by atoms with Gasteiger partial charge < -0.3 is 14.2 Å². The lowest BCUT2D eigenvalue weighted by molar-refractivity contribution is -0.0252. The number of fused-ring (bicyclic) bond motifs is 2. The van der Waals surface area contributed by atoms with Crippen LogP contribution in [0.2, 0.25) is 0 Å². The third-order valence-corrected chi connectivity index (χ3v) is 7.10. The van der Waals surface area contributed by atoms with Crippen molar-refractivity contribution in [3.8, 4) is 5.75 Å². The van der Waals surface area contributed by atoms with Crippen molar-refractivity contribution in [3.05, 3.63) is 87.9 Å².